The Labute approximate surface area is 92.5 Å². The summed E-state index contributed by atoms with van der Waals surface area (Å²) >= 11 is 0. The van der Waals surface area contributed by atoms with E-state index in [1.165, 1.54) is 6.92 Å². The van der Waals surface area contributed by atoms with Crippen LogP contribution in [0.1, 0.15) is 13.3 Å². The normalized spacial score (nSPS) is 28.9. The average molecular weight is 232 g/mol. The van der Waals surface area contributed by atoms with Crippen molar-refractivity contribution in [2.24, 2.45) is 5.73 Å². The van der Waals surface area contributed by atoms with Gasteiger partial charge in [0.05, 0.1) is 12.2 Å². The molecule has 4 unspecified atom stereocenters. The molecule has 7 nitrogen and oxygen atoms in total. The second-order valence-electron chi connectivity index (χ2n) is 4.00. The predicted octanol–water partition coefficient (Wildman–Crippen LogP) is -2.26. The van der Waals surface area contributed by atoms with Gasteiger partial charge in [-0.05, 0) is 6.92 Å². The van der Waals surface area contributed by atoms with E-state index in [0.717, 1.165) is 4.90 Å². The van der Waals surface area contributed by atoms with Crippen molar-refractivity contribution in [1.82, 2.24) is 4.90 Å². The zero-order chi connectivity index (χ0) is 12.5. The van der Waals surface area contributed by atoms with Crippen LogP contribution in [0.5, 0.6) is 0 Å². The number of β-amino-alcohol motifs (C(OH)–C–C–N with tert-alkyl or cyclic N) is 1. The van der Waals surface area contributed by atoms with E-state index in [1.807, 2.05) is 0 Å². The number of nitrogens with zero attached hydrogens (tertiary/aromatic N) is 1. The number of likely N-dealkylation sites (tertiary alicyclic amines) is 1. The third-order valence-corrected chi connectivity index (χ3v) is 2.65. The summed E-state index contributed by atoms with van der Waals surface area (Å²) in [5, 5.41) is 27.4. The highest BCUT2D eigenvalue weighted by atomic mass is 16.4. The van der Waals surface area contributed by atoms with Crippen molar-refractivity contribution in [3.63, 3.8) is 0 Å². The zero-order valence-electron chi connectivity index (χ0n) is 8.91. The van der Waals surface area contributed by atoms with Crippen LogP contribution in [0.25, 0.3) is 0 Å². The summed E-state index contributed by atoms with van der Waals surface area (Å²) in [6.07, 6.45) is -1.92. The molecule has 7 heteroatoms. The summed E-state index contributed by atoms with van der Waals surface area (Å²) in [5.74, 6) is -1.83. The molecule has 0 radical (unpaired) electrons. The van der Waals surface area contributed by atoms with Crippen molar-refractivity contribution < 1.29 is 24.9 Å². The molecule has 1 saturated heterocycles. The number of aliphatic hydroxyl groups is 2. The lowest BCUT2D eigenvalue weighted by atomic mass is 10.1. The first-order valence-corrected chi connectivity index (χ1v) is 4.99. The fourth-order valence-electron chi connectivity index (χ4n) is 1.69. The summed E-state index contributed by atoms with van der Waals surface area (Å²) < 4.78 is 0. The average Bonchev–Trinajstić information content (AvgIpc) is 2.58. The molecule has 0 aliphatic carbocycles. The molecular weight excluding hydrogens is 216 g/mol. The topological polar surface area (TPSA) is 124 Å². The summed E-state index contributed by atoms with van der Waals surface area (Å²) in [6, 6.07) is -2.22. The molecule has 0 bridgehead atoms. The monoisotopic (exact) mass is 232 g/mol. The van der Waals surface area contributed by atoms with Gasteiger partial charge in [-0.2, -0.15) is 0 Å². The Morgan fingerprint density at radius 1 is 1.50 bits per heavy atom. The first-order chi connectivity index (χ1) is 7.34. The number of carboxylic acids is 1. The first-order valence-electron chi connectivity index (χ1n) is 4.99. The van der Waals surface area contributed by atoms with Gasteiger partial charge < -0.3 is 26.0 Å². The lowest BCUT2D eigenvalue weighted by Gasteiger charge is -2.25. The zero-order valence-corrected chi connectivity index (χ0v) is 8.91. The van der Waals surface area contributed by atoms with Crippen LogP contribution in [0, 0.1) is 0 Å². The molecule has 0 aromatic carbocycles. The van der Waals surface area contributed by atoms with Gasteiger partial charge >= 0.3 is 5.97 Å². The molecule has 0 aromatic heterocycles. The molecular formula is C9H16N2O5. The van der Waals surface area contributed by atoms with E-state index in [-0.39, 0.29) is 13.0 Å². The van der Waals surface area contributed by atoms with E-state index in [2.05, 4.69) is 0 Å². The molecule has 92 valence electrons. The van der Waals surface area contributed by atoms with Crippen molar-refractivity contribution >= 4 is 11.9 Å². The van der Waals surface area contributed by atoms with Crippen LogP contribution in [0.4, 0.5) is 0 Å². The van der Waals surface area contributed by atoms with E-state index >= 15 is 0 Å². The van der Waals surface area contributed by atoms with E-state index in [1.54, 1.807) is 0 Å². The Morgan fingerprint density at radius 3 is 2.50 bits per heavy atom. The van der Waals surface area contributed by atoms with Crippen LogP contribution in [-0.4, -0.2) is 62.9 Å². The lowest BCUT2D eigenvalue weighted by molar-refractivity contribution is -0.149. The van der Waals surface area contributed by atoms with Gasteiger partial charge in [0.1, 0.15) is 12.1 Å². The van der Waals surface area contributed by atoms with Crippen molar-refractivity contribution in [2.75, 3.05) is 6.54 Å². The summed E-state index contributed by atoms with van der Waals surface area (Å²) in [6.45, 7) is 1.29. The SMILES string of the molecule is CC(O)C(N)C(=O)N1CC(O)CC1C(=O)O. The number of nitrogens with two attached hydrogens (primary N) is 1. The molecule has 1 aliphatic heterocycles. The largest absolute Gasteiger partial charge is 0.480 e. The Morgan fingerprint density at radius 2 is 2.06 bits per heavy atom. The van der Waals surface area contributed by atoms with Gasteiger partial charge in [0.25, 0.3) is 0 Å². The molecule has 0 saturated carbocycles. The summed E-state index contributed by atoms with van der Waals surface area (Å²) in [5.41, 5.74) is 5.43. The highest BCUT2D eigenvalue weighted by Crippen LogP contribution is 2.19. The number of aliphatic carboxylic acids is 1. The van der Waals surface area contributed by atoms with Gasteiger partial charge in [0.15, 0.2) is 0 Å². The molecule has 0 aromatic rings. The second kappa shape index (κ2) is 4.77. The Balaban J connectivity index is 2.78. The maximum Gasteiger partial charge on any atom is 0.326 e. The van der Waals surface area contributed by atoms with Crippen LogP contribution in [0.3, 0.4) is 0 Å². The minimum Gasteiger partial charge on any atom is -0.480 e. The van der Waals surface area contributed by atoms with Gasteiger partial charge in [-0.25, -0.2) is 4.79 Å². The fourth-order valence-corrected chi connectivity index (χ4v) is 1.69. The summed E-state index contributed by atoms with van der Waals surface area (Å²) in [7, 11) is 0. The van der Waals surface area contributed by atoms with Gasteiger partial charge in [-0.1, -0.05) is 0 Å². The third kappa shape index (κ3) is 2.49. The minimum atomic E-state index is -1.18. The van der Waals surface area contributed by atoms with E-state index in [4.69, 9.17) is 15.9 Å². The first kappa shape index (κ1) is 12.9. The number of hydrogen-bond donors (Lipinski definition) is 4. The molecule has 1 heterocycles. The lowest BCUT2D eigenvalue weighted by Crippen LogP contribution is -2.52. The van der Waals surface area contributed by atoms with Crippen LogP contribution >= 0.6 is 0 Å². The number of carbonyl (C=O) groups is 2. The van der Waals surface area contributed by atoms with E-state index in [9.17, 15) is 14.7 Å². The quantitative estimate of drug-likeness (QED) is 0.435. The highest BCUT2D eigenvalue weighted by Gasteiger charge is 2.41. The smallest absolute Gasteiger partial charge is 0.326 e. The highest BCUT2D eigenvalue weighted by molar-refractivity contribution is 5.88. The molecule has 0 spiro atoms. The van der Waals surface area contributed by atoms with Crippen LogP contribution in [0.2, 0.25) is 0 Å². The van der Waals surface area contributed by atoms with Crippen molar-refractivity contribution in [3.05, 3.63) is 0 Å². The van der Waals surface area contributed by atoms with Crippen LogP contribution < -0.4 is 5.73 Å². The van der Waals surface area contributed by atoms with Crippen molar-refractivity contribution in [3.8, 4) is 0 Å². The number of carboxylic acid groups (broad SMARTS) is 1. The van der Waals surface area contributed by atoms with Gasteiger partial charge in [-0.3, -0.25) is 4.79 Å². The van der Waals surface area contributed by atoms with Crippen LogP contribution in [-0.2, 0) is 9.59 Å². The van der Waals surface area contributed by atoms with Crippen molar-refractivity contribution in [2.45, 2.75) is 37.6 Å². The van der Waals surface area contributed by atoms with E-state index in [0.29, 0.717) is 0 Å². The second-order valence-corrected chi connectivity index (χ2v) is 4.00. The predicted molar refractivity (Wildman–Crippen MR) is 53.4 cm³/mol. The fraction of sp³-hybridized carbons (Fsp3) is 0.778. The van der Waals surface area contributed by atoms with E-state index < -0.39 is 36.2 Å². The number of hydrogen-bond acceptors (Lipinski definition) is 5. The van der Waals surface area contributed by atoms with Crippen LogP contribution in [0.15, 0.2) is 0 Å². The van der Waals surface area contributed by atoms with Crippen molar-refractivity contribution in [1.29, 1.82) is 0 Å². The van der Waals surface area contributed by atoms with Gasteiger partial charge in [0, 0.05) is 13.0 Å². The Bertz CT molecular complexity index is 294. The Hall–Kier alpha value is -1.18. The minimum absolute atomic E-state index is 0.00635. The maximum atomic E-state index is 11.7. The molecule has 1 aliphatic rings. The number of amides is 1. The number of rotatable bonds is 3. The molecule has 4 atom stereocenters. The molecule has 1 amide bonds. The summed E-state index contributed by atoms with van der Waals surface area (Å²) in [4.78, 5) is 23.6. The molecule has 1 rings (SSSR count). The molecule has 16 heavy (non-hydrogen) atoms. The van der Waals surface area contributed by atoms with Gasteiger partial charge in [0.2, 0.25) is 5.91 Å². The standard InChI is InChI=1S/C9H16N2O5/c1-4(12)7(10)8(14)11-3-5(13)2-6(11)9(15)16/h4-7,12-13H,2-3,10H2,1H3,(H,15,16). The molecule has 5 N–H and O–H groups in total. The third-order valence-electron chi connectivity index (χ3n) is 2.65. The molecule has 1 fully saturated rings. The number of aliphatic hydroxyl groups excluding tert-OH is 2. The Kier molecular flexibility index (Phi) is 3.84. The maximum absolute atomic E-state index is 11.7. The number of carbonyl (C=O) groups excluding carboxylic acids is 1. The van der Waals surface area contributed by atoms with Gasteiger partial charge in [-0.15, -0.1) is 0 Å².